The van der Waals surface area contributed by atoms with Gasteiger partial charge in [0.2, 0.25) is 0 Å². The van der Waals surface area contributed by atoms with E-state index in [9.17, 15) is 4.79 Å². The highest BCUT2D eigenvalue weighted by molar-refractivity contribution is 6.26. The summed E-state index contributed by atoms with van der Waals surface area (Å²) in [4.78, 5) is 15.5. The quantitative estimate of drug-likeness (QED) is 0.438. The minimum Gasteiger partial charge on any atom is -0.317 e. The molecule has 0 saturated carbocycles. The van der Waals surface area contributed by atoms with Gasteiger partial charge in [-0.05, 0) is 18.4 Å². The molecule has 0 spiro atoms. The number of hydrogen-bond donors (Lipinski definition) is 0. The molecule has 1 aromatic carbocycles. The lowest BCUT2D eigenvalue weighted by Crippen LogP contribution is -2.04. The van der Waals surface area contributed by atoms with Crippen molar-refractivity contribution in [1.29, 1.82) is 0 Å². The standard InChI is InChI=1S/C11H10ClNO2/c12-7-11(14)15-13-10-6-5-8-3-1-2-4-9(8)10/h1-4H,5-7H2/b13-10-. The Bertz CT molecular complexity index is 415. The molecule has 0 radical (unpaired) electrons. The number of benzene rings is 1. The smallest absolute Gasteiger partial charge is 0.317 e. The molecule has 0 unspecified atom stereocenters. The first-order chi connectivity index (χ1) is 7.31. The summed E-state index contributed by atoms with van der Waals surface area (Å²) in [5.74, 6) is -0.688. The van der Waals surface area contributed by atoms with E-state index in [2.05, 4.69) is 16.1 Å². The van der Waals surface area contributed by atoms with Crippen molar-refractivity contribution >= 4 is 23.3 Å². The van der Waals surface area contributed by atoms with Crippen LogP contribution in [0.5, 0.6) is 0 Å². The predicted molar refractivity (Wildman–Crippen MR) is 58.1 cm³/mol. The van der Waals surface area contributed by atoms with Crippen LogP contribution in [0.4, 0.5) is 0 Å². The van der Waals surface area contributed by atoms with Gasteiger partial charge in [0, 0.05) is 5.56 Å². The first-order valence-electron chi connectivity index (χ1n) is 4.72. The molecule has 1 aliphatic rings. The average Bonchev–Trinajstić information content (AvgIpc) is 2.69. The van der Waals surface area contributed by atoms with Gasteiger partial charge in [0.1, 0.15) is 5.88 Å². The van der Waals surface area contributed by atoms with E-state index in [0.717, 1.165) is 24.1 Å². The van der Waals surface area contributed by atoms with Crippen LogP contribution in [0.3, 0.4) is 0 Å². The van der Waals surface area contributed by atoms with Gasteiger partial charge in [-0.15, -0.1) is 11.6 Å². The summed E-state index contributed by atoms with van der Waals surface area (Å²) in [5, 5.41) is 3.82. The zero-order valence-corrected chi connectivity index (χ0v) is 8.83. The molecule has 0 saturated heterocycles. The number of oxime groups is 1. The van der Waals surface area contributed by atoms with Crippen LogP contribution in [0.15, 0.2) is 29.4 Å². The Kier molecular flexibility index (Phi) is 3.02. The van der Waals surface area contributed by atoms with Gasteiger partial charge in [0.25, 0.3) is 0 Å². The number of halogens is 1. The third-order valence-electron chi connectivity index (χ3n) is 2.33. The molecular formula is C11H10ClNO2. The molecule has 78 valence electrons. The summed E-state index contributed by atoms with van der Waals surface area (Å²) in [5.41, 5.74) is 3.14. The Labute approximate surface area is 92.7 Å². The molecule has 1 aliphatic carbocycles. The van der Waals surface area contributed by atoms with E-state index in [4.69, 9.17) is 11.6 Å². The van der Waals surface area contributed by atoms with Gasteiger partial charge in [-0.25, -0.2) is 4.79 Å². The van der Waals surface area contributed by atoms with Crippen molar-refractivity contribution in [1.82, 2.24) is 0 Å². The van der Waals surface area contributed by atoms with Crippen LogP contribution in [-0.4, -0.2) is 17.6 Å². The van der Waals surface area contributed by atoms with E-state index in [1.165, 1.54) is 5.56 Å². The van der Waals surface area contributed by atoms with Crippen LogP contribution in [0.2, 0.25) is 0 Å². The lowest BCUT2D eigenvalue weighted by Gasteiger charge is -1.98. The first-order valence-corrected chi connectivity index (χ1v) is 5.25. The zero-order chi connectivity index (χ0) is 10.7. The van der Waals surface area contributed by atoms with Crippen LogP contribution in [-0.2, 0) is 16.1 Å². The monoisotopic (exact) mass is 223 g/mol. The molecule has 15 heavy (non-hydrogen) atoms. The lowest BCUT2D eigenvalue weighted by atomic mass is 10.1. The predicted octanol–water partition coefficient (Wildman–Crippen LogP) is 2.12. The third kappa shape index (κ3) is 2.18. The molecule has 2 rings (SSSR count). The largest absolute Gasteiger partial charge is 0.349 e. The molecule has 4 heteroatoms. The van der Waals surface area contributed by atoms with Gasteiger partial charge in [-0.2, -0.15) is 0 Å². The molecule has 0 bridgehead atoms. The van der Waals surface area contributed by atoms with Crippen molar-refractivity contribution in [3.05, 3.63) is 35.4 Å². The molecule has 0 fully saturated rings. The van der Waals surface area contributed by atoms with E-state index in [-0.39, 0.29) is 5.88 Å². The van der Waals surface area contributed by atoms with Crippen LogP contribution < -0.4 is 0 Å². The van der Waals surface area contributed by atoms with Crippen LogP contribution in [0, 0.1) is 0 Å². The molecular weight excluding hydrogens is 214 g/mol. The van der Waals surface area contributed by atoms with Gasteiger partial charge >= 0.3 is 5.97 Å². The Morgan fingerprint density at radius 2 is 2.20 bits per heavy atom. The van der Waals surface area contributed by atoms with Crippen molar-refractivity contribution in [2.75, 3.05) is 5.88 Å². The third-order valence-corrected chi connectivity index (χ3v) is 2.54. The van der Waals surface area contributed by atoms with E-state index >= 15 is 0 Å². The molecule has 0 aliphatic heterocycles. The fourth-order valence-corrected chi connectivity index (χ4v) is 1.68. The number of rotatable bonds is 2. The van der Waals surface area contributed by atoms with Crippen LogP contribution in [0.1, 0.15) is 17.5 Å². The van der Waals surface area contributed by atoms with Crippen molar-refractivity contribution < 1.29 is 9.63 Å². The van der Waals surface area contributed by atoms with E-state index in [1.54, 1.807) is 0 Å². The average molecular weight is 224 g/mol. The van der Waals surface area contributed by atoms with Crippen molar-refractivity contribution in [2.45, 2.75) is 12.8 Å². The van der Waals surface area contributed by atoms with Crippen molar-refractivity contribution in [3.8, 4) is 0 Å². The number of carbonyl (C=O) groups excluding carboxylic acids is 1. The summed E-state index contributed by atoms with van der Waals surface area (Å²) in [7, 11) is 0. The van der Waals surface area contributed by atoms with Crippen molar-refractivity contribution in [2.24, 2.45) is 5.16 Å². The van der Waals surface area contributed by atoms with E-state index in [1.807, 2.05) is 18.2 Å². The Balaban J connectivity index is 2.17. The second-order valence-corrected chi connectivity index (χ2v) is 3.56. The number of carbonyl (C=O) groups is 1. The lowest BCUT2D eigenvalue weighted by molar-refractivity contribution is -0.140. The van der Waals surface area contributed by atoms with Crippen LogP contribution in [0.25, 0.3) is 0 Å². The zero-order valence-electron chi connectivity index (χ0n) is 8.07. The highest BCUT2D eigenvalue weighted by atomic mass is 35.5. The topological polar surface area (TPSA) is 38.7 Å². The second-order valence-electron chi connectivity index (χ2n) is 3.29. The summed E-state index contributed by atoms with van der Waals surface area (Å²) in [6.07, 6.45) is 1.77. The summed E-state index contributed by atoms with van der Waals surface area (Å²) in [6.45, 7) is 0. The number of nitrogens with zero attached hydrogens (tertiary/aromatic N) is 1. The molecule has 3 nitrogen and oxygen atoms in total. The summed E-state index contributed by atoms with van der Waals surface area (Å²) >= 11 is 5.29. The maximum absolute atomic E-state index is 10.8. The fourth-order valence-electron chi connectivity index (χ4n) is 1.63. The van der Waals surface area contributed by atoms with Gasteiger partial charge in [-0.1, -0.05) is 29.4 Å². The second kappa shape index (κ2) is 4.45. The maximum atomic E-state index is 10.8. The molecule has 0 aromatic heterocycles. The van der Waals surface area contributed by atoms with Gasteiger partial charge < -0.3 is 4.84 Å². The summed E-state index contributed by atoms with van der Waals surface area (Å²) in [6, 6.07) is 7.98. The van der Waals surface area contributed by atoms with Gasteiger partial charge in [0.05, 0.1) is 5.71 Å². The van der Waals surface area contributed by atoms with Crippen molar-refractivity contribution in [3.63, 3.8) is 0 Å². The Morgan fingerprint density at radius 1 is 1.40 bits per heavy atom. The summed E-state index contributed by atoms with van der Waals surface area (Å²) < 4.78 is 0. The Hall–Kier alpha value is -1.35. The Morgan fingerprint density at radius 3 is 3.00 bits per heavy atom. The van der Waals surface area contributed by atoms with E-state index in [0.29, 0.717) is 0 Å². The SMILES string of the molecule is O=C(CCl)O/N=C1/CCc2ccccc21. The highest BCUT2D eigenvalue weighted by Crippen LogP contribution is 2.22. The molecule has 0 heterocycles. The molecule has 0 N–H and O–H groups in total. The van der Waals surface area contributed by atoms with Crippen LogP contribution >= 0.6 is 11.6 Å². The van der Waals surface area contributed by atoms with Gasteiger partial charge in [0.15, 0.2) is 0 Å². The number of hydrogen-bond acceptors (Lipinski definition) is 3. The minimum absolute atomic E-state index is 0.168. The molecule has 0 amide bonds. The fraction of sp³-hybridized carbons (Fsp3) is 0.273. The minimum atomic E-state index is -0.520. The van der Waals surface area contributed by atoms with E-state index < -0.39 is 5.97 Å². The maximum Gasteiger partial charge on any atom is 0.349 e. The first kappa shape index (κ1) is 10.2. The highest BCUT2D eigenvalue weighted by Gasteiger charge is 2.17. The number of fused-ring (bicyclic) bond motifs is 1. The number of aryl methyl sites for hydroxylation is 1. The number of alkyl halides is 1. The normalized spacial score (nSPS) is 16.5. The molecule has 1 aromatic rings. The van der Waals surface area contributed by atoms with Gasteiger partial charge in [-0.3, -0.25) is 0 Å². The molecule has 0 atom stereocenters.